The van der Waals surface area contributed by atoms with Crippen molar-refractivity contribution < 1.29 is 13.2 Å². The molecule has 128 valence electrons. The van der Waals surface area contributed by atoms with Crippen LogP contribution in [0.4, 0.5) is 5.69 Å². The zero-order valence-corrected chi connectivity index (χ0v) is 15.6. The predicted octanol–water partition coefficient (Wildman–Crippen LogP) is 3.77. The smallest absolute Gasteiger partial charge is 0.263 e. The van der Waals surface area contributed by atoms with Gasteiger partial charge in [-0.05, 0) is 43.2 Å². The van der Waals surface area contributed by atoms with Crippen molar-refractivity contribution in [3.63, 3.8) is 0 Å². The number of hydrogen-bond acceptors (Lipinski definition) is 3. The van der Waals surface area contributed by atoms with Gasteiger partial charge >= 0.3 is 0 Å². The van der Waals surface area contributed by atoms with E-state index in [0.717, 1.165) is 0 Å². The van der Waals surface area contributed by atoms with Gasteiger partial charge in [-0.2, -0.15) is 0 Å². The predicted molar refractivity (Wildman–Crippen MR) is 96.6 cm³/mol. The standard InChI is InChI=1S/C16H16Cl2N2O3S/c1-9-8-12(17)10(2)15(14(9)18)24(22,23)20-13-7-5-4-6-11(13)16(21)19-3/h4-8,20H,1-3H3,(H,19,21). The lowest BCUT2D eigenvalue weighted by atomic mass is 10.2. The summed E-state index contributed by atoms with van der Waals surface area (Å²) in [5, 5.41) is 2.87. The Morgan fingerprint density at radius 1 is 1.12 bits per heavy atom. The Balaban J connectivity index is 2.58. The zero-order chi connectivity index (χ0) is 18.1. The summed E-state index contributed by atoms with van der Waals surface area (Å²) in [6.07, 6.45) is 0. The Morgan fingerprint density at radius 3 is 2.38 bits per heavy atom. The first-order valence-electron chi connectivity index (χ1n) is 6.98. The Morgan fingerprint density at radius 2 is 1.75 bits per heavy atom. The maximum Gasteiger partial charge on any atom is 0.263 e. The van der Waals surface area contributed by atoms with Crippen LogP contribution < -0.4 is 10.0 Å². The highest BCUT2D eigenvalue weighted by Crippen LogP contribution is 2.34. The molecular weight excluding hydrogens is 371 g/mol. The van der Waals surface area contributed by atoms with Gasteiger partial charge in [0.2, 0.25) is 0 Å². The minimum atomic E-state index is -4.03. The van der Waals surface area contributed by atoms with Crippen molar-refractivity contribution >= 4 is 44.8 Å². The Bertz CT molecular complexity index is 886. The molecule has 0 aliphatic rings. The first-order chi connectivity index (χ1) is 11.2. The van der Waals surface area contributed by atoms with Crippen molar-refractivity contribution in [1.82, 2.24) is 5.32 Å². The lowest BCUT2D eigenvalue weighted by Crippen LogP contribution is -2.22. The van der Waals surface area contributed by atoms with Crippen molar-refractivity contribution in [2.45, 2.75) is 18.7 Å². The summed E-state index contributed by atoms with van der Waals surface area (Å²) < 4.78 is 28.1. The summed E-state index contributed by atoms with van der Waals surface area (Å²) in [6.45, 7) is 3.25. The van der Waals surface area contributed by atoms with Crippen LogP contribution in [0.1, 0.15) is 21.5 Å². The number of anilines is 1. The lowest BCUT2D eigenvalue weighted by Gasteiger charge is -2.16. The van der Waals surface area contributed by atoms with E-state index >= 15 is 0 Å². The van der Waals surface area contributed by atoms with Crippen LogP contribution >= 0.6 is 23.2 Å². The number of carbonyl (C=O) groups is 1. The molecular formula is C16H16Cl2N2O3S. The van der Waals surface area contributed by atoms with Gasteiger partial charge in [0.05, 0.1) is 16.3 Å². The van der Waals surface area contributed by atoms with Gasteiger partial charge in [0.15, 0.2) is 0 Å². The van der Waals surface area contributed by atoms with Crippen molar-refractivity contribution in [1.29, 1.82) is 0 Å². The van der Waals surface area contributed by atoms with E-state index in [2.05, 4.69) is 10.0 Å². The topological polar surface area (TPSA) is 75.3 Å². The molecule has 2 N–H and O–H groups in total. The molecule has 0 atom stereocenters. The minimum absolute atomic E-state index is 0.0964. The van der Waals surface area contributed by atoms with Crippen LogP contribution in [0.15, 0.2) is 35.2 Å². The second kappa shape index (κ2) is 7.01. The van der Waals surface area contributed by atoms with Gasteiger partial charge < -0.3 is 5.32 Å². The third-order valence-corrected chi connectivity index (χ3v) is 6.03. The van der Waals surface area contributed by atoms with Crippen LogP contribution in [-0.2, 0) is 10.0 Å². The van der Waals surface area contributed by atoms with E-state index in [1.165, 1.54) is 19.2 Å². The van der Waals surface area contributed by atoms with Gasteiger partial charge in [0.1, 0.15) is 4.90 Å². The number of carbonyl (C=O) groups excluding carboxylic acids is 1. The first-order valence-corrected chi connectivity index (χ1v) is 9.22. The second-order valence-corrected chi connectivity index (χ2v) is 7.58. The molecule has 0 aromatic heterocycles. The van der Waals surface area contributed by atoms with Crippen molar-refractivity contribution in [3.05, 3.63) is 57.1 Å². The number of para-hydroxylation sites is 1. The summed E-state index contributed by atoms with van der Waals surface area (Å²) in [7, 11) is -2.56. The summed E-state index contributed by atoms with van der Waals surface area (Å²) in [4.78, 5) is 11.8. The van der Waals surface area contributed by atoms with E-state index in [-0.39, 0.29) is 21.2 Å². The zero-order valence-electron chi connectivity index (χ0n) is 13.3. The number of sulfonamides is 1. The fourth-order valence-corrected chi connectivity index (χ4v) is 4.53. The van der Waals surface area contributed by atoms with Gasteiger partial charge in [0.25, 0.3) is 15.9 Å². The van der Waals surface area contributed by atoms with Crippen LogP contribution in [0.2, 0.25) is 10.0 Å². The Hall–Kier alpha value is -1.76. The molecule has 2 aromatic rings. The molecule has 0 saturated carbocycles. The second-order valence-electron chi connectivity index (χ2n) is 5.17. The van der Waals surface area contributed by atoms with Crippen LogP contribution in [-0.4, -0.2) is 21.4 Å². The number of aryl methyl sites for hydroxylation is 1. The van der Waals surface area contributed by atoms with Gasteiger partial charge in [-0.25, -0.2) is 8.42 Å². The molecule has 0 bridgehead atoms. The van der Waals surface area contributed by atoms with E-state index in [4.69, 9.17) is 23.2 Å². The third-order valence-electron chi connectivity index (χ3n) is 3.50. The van der Waals surface area contributed by atoms with Crippen molar-refractivity contribution in [3.8, 4) is 0 Å². The van der Waals surface area contributed by atoms with E-state index in [9.17, 15) is 13.2 Å². The summed E-state index contributed by atoms with van der Waals surface area (Å²) in [5.41, 5.74) is 1.26. The number of rotatable bonds is 4. The van der Waals surface area contributed by atoms with Crippen LogP contribution in [0.3, 0.4) is 0 Å². The van der Waals surface area contributed by atoms with E-state index in [0.29, 0.717) is 16.1 Å². The summed E-state index contributed by atoms with van der Waals surface area (Å²) in [6, 6.07) is 7.90. The van der Waals surface area contributed by atoms with Gasteiger partial charge in [-0.15, -0.1) is 0 Å². The number of hydrogen-bond donors (Lipinski definition) is 2. The normalized spacial score (nSPS) is 11.2. The molecule has 2 aromatic carbocycles. The highest BCUT2D eigenvalue weighted by atomic mass is 35.5. The third kappa shape index (κ3) is 3.50. The maximum atomic E-state index is 12.8. The lowest BCUT2D eigenvalue weighted by molar-refractivity contribution is 0.0964. The number of amides is 1. The van der Waals surface area contributed by atoms with Crippen LogP contribution in [0, 0.1) is 13.8 Å². The molecule has 0 radical (unpaired) electrons. The van der Waals surface area contributed by atoms with E-state index < -0.39 is 15.9 Å². The molecule has 2 rings (SSSR count). The molecule has 8 heteroatoms. The highest BCUT2D eigenvalue weighted by molar-refractivity contribution is 7.93. The van der Waals surface area contributed by atoms with Crippen LogP contribution in [0.5, 0.6) is 0 Å². The SMILES string of the molecule is CNC(=O)c1ccccc1NS(=O)(=O)c1c(C)c(Cl)cc(C)c1Cl. The summed E-state index contributed by atoms with van der Waals surface area (Å²) >= 11 is 12.3. The molecule has 0 saturated heterocycles. The molecule has 24 heavy (non-hydrogen) atoms. The fraction of sp³-hybridized carbons (Fsp3) is 0.188. The number of halogens is 2. The molecule has 0 spiro atoms. The number of benzene rings is 2. The largest absolute Gasteiger partial charge is 0.355 e. The maximum absolute atomic E-state index is 12.8. The van der Waals surface area contributed by atoms with Crippen molar-refractivity contribution in [2.75, 3.05) is 11.8 Å². The van der Waals surface area contributed by atoms with Gasteiger partial charge in [0, 0.05) is 12.1 Å². The van der Waals surface area contributed by atoms with Gasteiger partial charge in [-0.3, -0.25) is 9.52 Å². The molecule has 0 fully saturated rings. The average Bonchev–Trinajstić information content (AvgIpc) is 2.52. The molecule has 0 unspecified atom stereocenters. The first kappa shape index (κ1) is 18.6. The van der Waals surface area contributed by atoms with E-state index in [1.54, 1.807) is 32.0 Å². The van der Waals surface area contributed by atoms with Crippen molar-refractivity contribution in [2.24, 2.45) is 0 Å². The number of nitrogens with one attached hydrogen (secondary N) is 2. The van der Waals surface area contributed by atoms with Crippen LogP contribution in [0.25, 0.3) is 0 Å². The van der Waals surface area contributed by atoms with E-state index in [1.807, 2.05) is 0 Å². The Kier molecular flexibility index (Phi) is 5.42. The quantitative estimate of drug-likeness (QED) is 0.839. The molecule has 1 amide bonds. The molecule has 0 aliphatic heterocycles. The molecule has 0 aliphatic carbocycles. The average molecular weight is 387 g/mol. The summed E-state index contributed by atoms with van der Waals surface area (Å²) in [5.74, 6) is -0.404. The monoisotopic (exact) mass is 386 g/mol. The highest BCUT2D eigenvalue weighted by Gasteiger charge is 2.25. The molecule has 5 nitrogen and oxygen atoms in total. The molecule has 0 heterocycles. The Labute approximate surface area is 151 Å². The minimum Gasteiger partial charge on any atom is -0.355 e. The van der Waals surface area contributed by atoms with Gasteiger partial charge in [-0.1, -0.05) is 35.3 Å². The fourth-order valence-electron chi connectivity index (χ4n) is 2.23.